The smallest absolute Gasteiger partial charge is 0.303 e. The van der Waals surface area contributed by atoms with Crippen molar-refractivity contribution in [2.75, 3.05) is 5.73 Å². The Bertz CT molecular complexity index is 582. The molecule has 2 rings (SSSR count). The molecule has 100 valence electrons. The summed E-state index contributed by atoms with van der Waals surface area (Å²) < 4.78 is 1.56. The zero-order valence-corrected chi connectivity index (χ0v) is 10.4. The molecule has 0 amide bonds. The number of nitrogens with zero attached hydrogens (tertiary/aromatic N) is 5. The molecule has 0 aromatic carbocycles. The van der Waals surface area contributed by atoms with E-state index >= 15 is 0 Å². The van der Waals surface area contributed by atoms with Crippen molar-refractivity contribution in [2.24, 2.45) is 0 Å². The minimum Gasteiger partial charge on any atom is -0.481 e. The van der Waals surface area contributed by atoms with Crippen LogP contribution in [0, 0.1) is 0 Å². The SMILES string of the molecule is CC(CCC(=O)O)n1nnnc1-c1cccc(N)n1. The Hall–Kier alpha value is -2.51. The lowest BCUT2D eigenvalue weighted by atomic mass is 10.2. The molecule has 0 fully saturated rings. The molecule has 0 aliphatic carbocycles. The van der Waals surface area contributed by atoms with Crippen LogP contribution in [0.15, 0.2) is 18.2 Å². The fourth-order valence-electron chi connectivity index (χ4n) is 1.69. The number of rotatable bonds is 5. The average molecular weight is 262 g/mol. The lowest BCUT2D eigenvalue weighted by Crippen LogP contribution is -2.11. The third kappa shape index (κ3) is 3.03. The Morgan fingerprint density at radius 3 is 3.00 bits per heavy atom. The van der Waals surface area contributed by atoms with Gasteiger partial charge >= 0.3 is 5.97 Å². The maximum Gasteiger partial charge on any atom is 0.303 e. The van der Waals surface area contributed by atoms with Crippen LogP contribution in [0.4, 0.5) is 5.82 Å². The molecule has 3 N–H and O–H groups in total. The highest BCUT2D eigenvalue weighted by Crippen LogP contribution is 2.20. The molecule has 0 saturated heterocycles. The lowest BCUT2D eigenvalue weighted by Gasteiger charge is -2.11. The van der Waals surface area contributed by atoms with Crippen LogP contribution in [-0.4, -0.2) is 36.3 Å². The van der Waals surface area contributed by atoms with E-state index in [0.29, 0.717) is 23.8 Å². The normalized spacial score (nSPS) is 12.3. The van der Waals surface area contributed by atoms with Gasteiger partial charge in [0.15, 0.2) is 0 Å². The number of tetrazole rings is 1. The van der Waals surface area contributed by atoms with Crippen LogP contribution in [0.5, 0.6) is 0 Å². The zero-order chi connectivity index (χ0) is 13.8. The van der Waals surface area contributed by atoms with E-state index in [1.165, 1.54) is 0 Å². The second kappa shape index (κ2) is 5.42. The van der Waals surface area contributed by atoms with Gasteiger partial charge in [-0.3, -0.25) is 4.79 Å². The number of nitrogen functional groups attached to an aromatic ring is 1. The van der Waals surface area contributed by atoms with E-state index in [1.54, 1.807) is 22.9 Å². The number of hydrogen-bond acceptors (Lipinski definition) is 6. The summed E-state index contributed by atoms with van der Waals surface area (Å²) in [4.78, 5) is 14.7. The zero-order valence-electron chi connectivity index (χ0n) is 10.4. The Balaban J connectivity index is 2.24. The highest BCUT2D eigenvalue weighted by atomic mass is 16.4. The van der Waals surface area contributed by atoms with E-state index in [9.17, 15) is 4.79 Å². The Kier molecular flexibility index (Phi) is 3.69. The number of nitrogens with two attached hydrogens (primary N) is 1. The van der Waals surface area contributed by atoms with Gasteiger partial charge in [-0.2, -0.15) is 0 Å². The van der Waals surface area contributed by atoms with Crippen molar-refractivity contribution in [1.82, 2.24) is 25.2 Å². The molecule has 8 nitrogen and oxygen atoms in total. The average Bonchev–Trinajstić information content (AvgIpc) is 2.85. The minimum absolute atomic E-state index is 0.0603. The maximum absolute atomic E-state index is 10.6. The molecule has 8 heteroatoms. The molecule has 2 aromatic rings. The van der Waals surface area contributed by atoms with Crippen molar-refractivity contribution in [2.45, 2.75) is 25.8 Å². The molecule has 1 unspecified atom stereocenters. The van der Waals surface area contributed by atoms with Gasteiger partial charge in [0.25, 0.3) is 0 Å². The summed E-state index contributed by atoms with van der Waals surface area (Å²) in [5, 5.41) is 20.1. The second-order valence-electron chi connectivity index (χ2n) is 4.18. The van der Waals surface area contributed by atoms with E-state index in [-0.39, 0.29) is 12.5 Å². The van der Waals surface area contributed by atoms with Gasteiger partial charge in [-0.05, 0) is 35.9 Å². The molecule has 0 saturated carbocycles. The van der Waals surface area contributed by atoms with Crippen molar-refractivity contribution in [1.29, 1.82) is 0 Å². The Labute approximate surface area is 109 Å². The number of carbonyl (C=O) groups is 1. The Morgan fingerprint density at radius 2 is 2.32 bits per heavy atom. The lowest BCUT2D eigenvalue weighted by molar-refractivity contribution is -0.137. The first-order valence-corrected chi connectivity index (χ1v) is 5.80. The van der Waals surface area contributed by atoms with E-state index in [2.05, 4.69) is 20.5 Å². The second-order valence-corrected chi connectivity index (χ2v) is 4.18. The fraction of sp³-hybridized carbons (Fsp3) is 0.364. The summed E-state index contributed by atoms with van der Waals surface area (Å²) in [7, 11) is 0. The van der Waals surface area contributed by atoms with Gasteiger partial charge in [-0.25, -0.2) is 9.67 Å². The molecule has 19 heavy (non-hydrogen) atoms. The summed E-state index contributed by atoms with van der Waals surface area (Å²) >= 11 is 0. The van der Waals surface area contributed by atoms with Gasteiger partial charge in [0, 0.05) is 6.42 Å². The van der Waals surface area contributed by atoms with Crippen molar-refractivity contribution in [3.8, 4) is 11.5 Å². The van der Waals surface area contributed by atoms with Crippen LogP contribution in [0.1, 0.15) is 25.8 Å². The molecule has 2 heterocycles. The van der Waals surface area contributed by atoms with Crippen molar-refractivity contribution >= 4 is 11.8 Å². The van der Waals surface area contributed by atoms with Crippen molar-refractivity contribution in [3.63, 3.8) is 0 Å². The fourth-order valence-corrected chi connectivity index (χ4v) is 1.69. The summed E-state index contributed by atoms with van der Waals surface area (Å²) in [6.45, 7) is 1.86. The van der Waals surface area contributed by atoms with E-state index in [4.69, 9.17) is 10.8 Å². The number of carboxylic acid groups (broad SMARTS) is 1. The monoisotopic (exact) mass is 262 g/mol. The number of anilines is 1. The first kappa shape index (κ1) is 12.9. The summed E-state index contributed by atoms with van der Waals surface area (Å²) in [6, 6.07) is 5.05. The van der Waals surface area contributed by atoms with Crippen LogP contribution >= 0.6 is 0 Å². The molecular formula is C11H14N6O2. The molecule has 0 spiro atoms. The van der Waals surface area contributed by atoms with Crippen LogP contribution in [-0.2, 0) is 4.79 Å². The van der Waals surface area contributed by atoms with Gasteiger partial charge in [-0.15, -0.1) is 5.10 Å². The summed E-state index contributed by atoms with van der Waals surface area (Å²) in [5.41, 5.74) is 6.18. The maximum atomic E-state index is 10.6. The topological polar surface area (TPSA) is 120 Å². The predicted octanol–water partition coefficient (Wildman–Crippen LogP) is 0.743. The molecule has 0 radical (unpaired) electrons. The molecule has 0 bridgehead atoms. The highest BCUT2D eigenvalue weighted by molar-refractivity contribution is 5.66. The third-order valence-electron chi connectivity index (χ3n) is 2.69. The van der Waals surface area contributed by atoms with Crippen LogP contribution < -0.4 is 5.73 Å². The number of carboxylic acids is 1. The van der Waals surface area contributed by atoms with Gasteiger partial charge in [0.1, 0.15) is 11.5 Å². The largest absolute Gasteiger partial charge is 0.481 e. The number of aliphatic carboxylic acids is 1. The molecule has 2 aromatic heterocycles. The number of pyridine rings is 1. The standard InChI is InChI=1S/C11H14N6O2/c1-7(5-6-10(18)19)17-11(14-15-16-17)8-3-2-4-9(12)13-8/h2-4,7H,5-6H2,1H3,(H2,12,13)(H,18,19). The van der Waals surface area contributed by atoms with Gasteiger partial charge in [0.2, 0.25) is 5.82 Å². The van der Waals surface area contributed by atoms with Crippen LogP contribution in [0.2, 0.25) is 0 Å². The predicted molar refractivity (Wildman–Crippen MR) is 67.0 cm³/mol. The van der Waals surface area contributed by atoms with Gasteiger partial charge < -0.3 is 10.8 Å². The minimum atomic E-state index is -0.844. The molecule has 0 aliphatic rings. The summed E-state index contributed by atoms with van der Waals surface area (Å²) in [6.07, 6.45) is 0.501. The quantitative estimate of drug-likeness (QED) is 0.815. The summed E-state index contributed by atoms with van der Waals surface area (Å²) in [5.74, 6) is 0.0129. The third-order valence-corrected chi connectivity index (χ3v) is 2.69. The molecular weight excluding hydrogens is 248 g/mol. The van der Waals surface area contributed by atoms with E-state index in [1.807, 2.05) is 6.92 Å². The molecule has 1 atom stereocenters. The first-order chi connectivity index (χ1) is 9.08. The first-order valence-electron chi connectivity index (χ1n) is 5.80. The van der Waals surface area contributed by atoms with Crippen molar-refractivity contribution < 1.29 is 9.90 Å². The molecule has 0 aliphatic heterocycles. The van der Waals surface area contributed by atoms with Crippen LogP contribution in [0.3, 0.4) is 0 Å². The van der Waals surface area contributed by atoms with Gasteiger partial charge in [-0.1, -0.05) is 6.07 Å². The van der Waals surface area contributed by atoms with Gasteiger partial charge in [0.05, 0.1) is 6.04 Å². The van der Waals surface area contributed by atoms with E-state index < -0.39 is 5.97 Å². The van der Waals surface area contributed by atoms with Crippen molar-refractivity contribution in [3.05, 3.63) is 18.2 Å². The van der Waals surface area contributed by atoms with E-state index in [0.717, 1.165) is 0 Å². The number of aromatic nitrogens is 5. The number of hydrogen-bond donors (Lipinski definition) is 2. The Morgan fingerprint density at radius 1 is 1.53 bits per heavy atom. The van der Waals surface area contributed by atoms with Crippen LogP contribution in [0.25, 0.3) is 11.5 Å². The highest BCUT2D eigenvalue weighted by Gasteiger charge is 2.16.